The van der Waals surface area contributed by atoms with Crippen LogP contribution in [0.25, 0.3) is 0 Å². The Bertz CT molecular complexity index is 721. The van der Waals surface area contributed by atoms with Crippen LogP contribution in [0.5, 0.6) is 5.75 Å². The molecule has 2 aromatic carbocycles. The van der Waals surface area contributed by atoms with Gasteiger partial charge in [0.25, 0.3) is 5.91 Å². The molecule has 0 radical (unpaired) electrons. The third kappa shape index (κ3) is 4.57. The largest absolute Gasteiger partial charge is 0.484 e. The minimum Gasteiger partial charge on any atom is -0.484 e. The summed E-state index contributed by atoms with van der Waals surface area (Å²) >= 11 is 0. The Kier molecular flexibility index (Phi) is 6.16. The molecule has 0 bridgehead atoms. The first kappa shape index (κ1) is 18.3. The van der Waals surface area contributed by atoms with E-state index in [9.17, 15) is 4.79 Å². The number of amides is 1. The molecule has 1 aliphatic rings. The number of anilines is 2. The molecule has 0 aromatic heterocycles. The lowest BCUT2D eigenvalue weighted by atomic mass is 9.99. The summed E-state index contributed by atoms with van der Waals surface area (Å²) in [5.74, 6) is 1.12. The molecule has 138 valence electrons. The number of carbonyl (C=O) groups excluding carboxylic acids is 1. The molecule has 1 atom stereocenters. The smallest absolute Gasteiger partial charge is 0.262 e. The lowest BCUT2D eigenvalue weighted by Crippen LogP contribution is -2.24. The van der Waals surface area contributed by atoms with E-state index < -0.39 is 0 Å². The van der Waals surface area contributed by atoms with Crippen LogP contribution in [-0.4, -0.2) is 25.6 Å². The second kappa shape index (κ2) is 8.75. The van der Waals surface area contributed by atoms with E-state index in [4.69, 9.17) is 4.74 Å². The maximum Gasteiger partial charge on any atom is 0.262 e. The maximum atomic E-state index is 12.3. The van der Waals surface area contributed by atoms with Gasteiger partial charge < -0.3 is 15.0 Å². The second-order valence-electron chi connectivity index (χ2n) is 6.93. The van der Waals surface area contributed by atoms with Crippen molar-refractivity contribution in [3.05, 3.63) is 54.1 Å². The van der Waals surface area contributed by atoms with Gasteiger partial charge in [0.15, 0.2) is 6.61 Å². The molecule has 1 saturated heterocycles. The van der Waals surface area contributed by atoms with Gasteiger partial charge >= 0.3 is 0 Å². The molecule has 3 rings (SSSR count). The normalized spacial score (nSPS) is 14.9. The van der Waals surface area contributed by atoms with Crippen LogP contribution >= 0.6 is 0 Å². The van der Waals surface area contributed by atoms with Gasteiger partial charge in [-0.3, -0.25) is 4.79 Å². The van der Waals surface area contributed by atoms with Crippen molar-refractivity contribution in [2.45, 2.75) is 39.0 Å². The first-order valence-electron chi connectivity index (χ1n) is 9.54. The summed E-state index contributed by atoms with van der Waals surface area (Å²) < 4.78 is 5.65. The van der Waals surface area contributed by atoms with Gasteiger partial charge in [-0.2, -0.15) is 0 Å². The molecule has 1 N–H and O–H groups in total. The van der Waals surface area contributed by atoms with Crippen molar-refractivity contribution in [2.75, 3.05) is 29.9 Å². The number of rotatable bonds is 7. The van der Waals surface area contributed by atoms with E-state index in [2.05, 4.69) is 42.3 Å². The van der Waals surface area contributed by atoms with Crippen LogP contribution in [0.4, 0.5) is 11.4 Å². The van der Waals surface area contributed by atoms with Crippen LogP contribution < -0.4 is 15.0 Å². The summed E-state index contributed by atoms with van der Waals surface area (Å²) in [6, 6.07) is 16.0. The van der Waals surface area contributed by atoms with Gasteiger partial charge in [0.2, 0.25) is 0 Å². The fourth-order valence-electron chi connectivity index (χ4n) is 3.28. The summed E-state index contributed by atoms with van der Waals surface area (Å²) in [4.78, 5) is 14.6. The fourth-order valence-corrected chi connectivity index (χ4v) is 3.28. The zero-order valence-electron chi connectivity index (χ0n) is 15.7. The number of para-hydroxylation sites is 2. The minimum absolute atomic E-state index is 0.0109. The zero-order valence-corrected chi connectivity index (χ0v) is 15.7. The molecule has 2 aromatic rings. The highest BCUT2D eigenvalue weighted by molar-refractivity contribution is 5.95. The predicted molar refractivity (Wildman–Crippen MR) is 107 cm³/mol. The maximum absolute atomic E-state index is 12.3. The Morgan fingerprint density at radius 3 is 2.50 bits per heavy atom. The number of hydrogen-bond donors (Lipinski definition) is 1. The molecular weight excluding hydrogens is 324 g/mol. The molecule has 4 nitrogen and oxygen atoms in total. The highest BCUT2D eigenvalue weighted by atomic mass is 16.5. The average molecular weight is 352 g/mol. The Morgan fingerprint density at radius 2 is 1.81 bits per heavy atom. The zero-order chi connectivity index (χ0) is 18.4. The molecule has 0 spiro atoms. The molecule has 0 aliphatic carbocycles. The Hall–Kier alpha value is -2.49. The molecule has 4 heteroatoms. The molecule has 1 unspecified atom stereocenters. The monoisotopic (exact) mass is 352 g/mol. The molecule has 26 heavy (non-hydrogen) atoms. The van der Waals surface area contributed by atoms with E-state index in [1.165, 1.54) is 18.4 Å². The molecule has 0 saturated carbocycles. The van der Waals surface area contributed by atoms with Crippen LogP contribution in [0.2, 0.25) is 0 Å². The quantitative estimate of drug-likeness (QED) is 0.777. The van der Waals surface area contributed by atoms with Crippen LogP contribution in [0.15, 0.2) is 48.5 Å². The van der Waals surface area contributed by atoms with Crippen LogP contribution in [0, 0.1) is 0 Å². The summed E-state index contributed by atoms with van der Waals surface area (Å²) in [5.41, 5.74) is 3.25. The van der Waals surface area contributed by atoms with E-state index in [0.29, 0.717) is 5.92 Å². The Labute approximate surface area is 156 Å². The van der Waals surface area contributed by atoms with Crippen LogP contribution in [0.1, 0.15) is 44.6 Å². The average Bonchev–Trinajstić information content (AvgIpc) is 3.21. The van der Waals surface area contributed by atoms with Crippen molar-refractivity contribution in [3.8, 4) is 5.75 Å². The summed E-state index contributed by atoms with van der Waals surface area (Å²) in [7, 11) is 0. The molecule has 1 amide bonds. The van der Waals surface area contributed by atoms with Crippen molar-refractivity contribution in [1.82, 2.24) is 0 Å². The van der Waals surface area contributed by atoms with Crippen LogP contribution in [-0.2, 0) is 4.79 Å². The van der Waals surface area contributed by atoms with Crippen molar-refractivity contribution in [1.29, 1.82) is 0 Å². The van der Waals surface area contributed by atoms with Crippen molar-refractivity contribution < 1.29 is 9.53 Å². The fraction of sp³-hybridized carbons (Fsp3) is 0.409. The SMILES string of the molecule is CCC(C)c1ccc(OCC(=O)Nc2ccccc2N2CCCC2)cc1. The summed E-state index contributed by atoms with van der Waals surface area (Å²) in [6.07, 6.45) is 3.52. The summed E-state index contributed by atoms with van der Waals surface area (Å²) in [6.45, 7) is 6.50. The first-order valence-corrected chi connectivity index (χ1v) is 9.54. The van der Waals surface area contributed by atoms with Crippen LogP contribution in [0.3, 0.4) is 0 Å². The van der Waals surface area contributed by atoms with E-state index in [1.807, 2.05) is 30.3 Å². The Morgan fingerprint density at radius 1 is 1.12 bits per heavy atom. The van der Waals surface area contributed by atoms with Crippen molar-refractivity contribution in [3.63, 3.8) is 0 Å². The number of nitrogens with one attached hydrogen (secondary N) is 1. The van der Waals surface area contributed by atoms with Gasteiger partial charge in [-0.1, -0.05) is 38.1 Å². The van der Waals surface area contributed by atoms with E-state index in [-0.39, 0.29) is 12.5 Å². The standard InChI is InChI=1S/C22H28N2O2/c1-3-17(2)18-10-12-19(13-11-18)26-16-22(25)23-20-8-4-5-9-21(20)24-14-6-7-15-24/h4-5,8-13,17H,3,6-7,14-16H2,1-2H3,(H,23,25). The number of ether oxygens (including phenoxy) is 1. The second-order valence-corrected chi connectivity index (χ2v) is 6.93. The third-order valence-electron chi connectivity index (χ3n) is 5.06. The lowest BCUT2D eigenvalue weighted by Gasteiger charge is -2.21. The van der Waals surface area contributed by atoms with Gasteiger partial charge in [0.1, 0.15) is 5.75 Å². The van der Waals surface area contributed by atoms with E-state index >= 15 is 0 Å². The van der Waals surface area contributed by atoms with Gasteiger partial charge in [-0.15, -0.1) is 0 Å². The highest BCUT2D eigenvalue weighted by Gasteiger charge is 2.16. The van der Waals surface area contributed by atoms with E-state index in [0.717, 1.165) is 36.6 Å². The summed E-state index contributed by atoms with van der Waals surface area (Å²) in [5, 5.41) is 2.99. The molecule has 1 aliphatic heterocycles. The van der Waals surface area contributed by atoms with Gasteiger partial charge in [-0.05, 0) is 55.0 Å². The Balaban J connectivity index is 1.56. The van der Waals surface area contributed by atoms with Crippen molar-refractivity contribution in [2.24, 2.45) is 0 Å². The number of carbonyl (C=O) groups is 1. The van der Waals surface area contributed by atoms with E-state index in [1.54, 1.807) is 0 Å². The van der Waals surface area contributed by atoms with Gasteiger partial charge in [0.05, 0.1) is 11.4 Å². The molecule has 1 fully saturated rings. The van der Waals surface area contributed by atoms with Gasteiger partial charge in [-0.25, -0.2) is 0 Å². The molecular formula is C22H28N2O2. The highest BCUT2D eigenvalue weighted by Crippen LogP contribution is 2.28. The molecule has 1 heterocycles. The lowest BCUT2D eigenvalue weighted by molar-refractivity contribution is -0.118. The number of hydrogen-bond acceptors (Lipinski definition) is 3. The van der Waals surface area contributed by atoms with Crippen molar-refractivity contribution >= 4 is 17.3 Å². The first-order chi connectivity index (χ1) is 12.7. The minimum atomic E-state index is -0.136. The number of benzene rings is 2. The van der Waals surface area contributed by atoms with Gasteiger partial charge in [0, 0.05) is 13.1 Å². The predicted octanol–water partition coefficient (Wildman–Crippen LogP) is 4.82. The topological polar surface area (TPSA) is 41.6 Å². The third-order valence-corrected chi connectivity index (χ3v) is 5.06. The number of nitrogens with zero attached hydrogens (tertiary/aromatic N) is 1.